The quantitative estimate of drug-likeness (QED) is 0.809. The van der Waals surface area contributed by atoms with Crippen LogP contribution in [0.1, 0.15) is 23.2 Å². The van der Waals surface area contributed by atoms with Crippen molar-refractivity contribution in [2.45, 2.75) is 18.9 Å². The topological polar surface area (TPSA) is 87.7 Å². The maximum absolute atomic E-state index is 12.4. The normalized spacial score (nSPS) is 15.5. The highest BCUT2D eigenvalue weighted by Gasteiger charge is 2.28. The number of nitrogens with zero attached hydrogens (tertiary/aromatic N) is 1. The van der Waals surface area contributed by atoms with Crippen LogP contribution in [0, 0.1) is 0 Å². The second kappa shape index (κ2) is 7.52. The largest absolute Gasteiger partial charge is 0.482 e. The number of benzene rings is 2. The lowest BCUT2D eigenvalue weighted by Crippen LogP contribution is -2.43. The number of hydrogen-bond donors (Lipinski definition) is 2. The summed E-state index contributed by atoms with van der Waals surface area (Å²) in [6.45, 7) is -0.299. The van der Waals surface area contributed by atoms with E-state index in [0.717, 1.165) is 12.8 Å². The summed E-state index contributed by atoms with van der Waals surface area (Å²) in [5.41, 5.74) is 1.54. The molecule has 144 valence electrons. The van der Waals surface area contributed by atoms with Crippen LogP contribution in [0.5, 0.6) is 5.75 Å². The Morgan fingerprint density at radius 2 is 1.89 bits per heavy atom. The monoisotopic (exact) mass is 399 g/mol. The van der Waals surface area contributed by atoms with Gasteiger partial charge in [0.05, 0.1) is 5.69 Å². The van der Waals surface area contributed by atoms with Gasteiger partial charge in [0.15, 0.2) is 6.61 Å². The van der Waals surface area contributed by atoms with Crippen molar-refractivity contribution in [2.24, 2.45) is 0 Å². The van der Waals surface area contributed by atoms with E-state index in [-0.39, 0.29) is 36.9 Å². The van der Waals surface area contributed by atoms with E-state index in [2.05, 4.69) is 10.6 Å². The Hall–Kier alpha value is -3.06. The average Bonchev–Trinajstić information content (AvgIpc) is 3.49. The van der Waals surface area contributed by atoms with E-state index in [1.165, 1.54) is 4.90 Å². The second-order valence-electron chi connectivity index (χ2n) is 6.75. The van der Waals surface area contributed by atoms with Crippen LogP contribution in [0.3, 0.4) is 0 Å². The summed E-state index contributed by atoms with van der Waals surface area (Å²) in [7, 11) is 0. The van der Waals surface area contributed by atoms with Crippen LogP contribution in [0.4, 0.5) is 11.4 Å². The first-order valence-electron chi connectivity index (χ1n) is 8.93. The molecule has 2 aromatic carbocycles. The van der Waals surface area contributed by atoms with Crippen molar-refractivity contribution in [3.8, 4) is 5.75 Å². The highest BCUT2D eigenvalue weighted by Crippen LogP contribution is 2.34. The minimum Gasteiger partial charge on any atom is -0.482 e. The van der Waals surface area contributed by atoms with E-state index in [4.69, 9.17) is 16.3 Å². The van der Waals surface area contributed by atoms with E-state index in [0.29, 0.717) is 27.7 Å². The molecule has 0 aromatic heterocycles. The number of ether oxygens (including phenoxy) is 1. The summed E-state index contributed by atoms with van der Waals surface area (Å²) < 4.78 is 5.37. The minimum atomic E-state index is -0.364. The molecule has 4 rings (SSSR count). The number of anilines is 2. The highest BCUT2D eigenvalue weighted by molar-refractivity contribution is 6.31. The molecule has 0 radical (unpaired) electrons. The lowest BCUT2D eigenvalue weighted by atomic mass is 10.2. The predicted octanol–water partition coefficient (Wildman–Crippen LogP) is 2.60. The van der Waals surface area contributed by atoms with Gasteiger partial charge in [-0.2, -0.15) is 0 Å². The summed E-state index contributed by atoms with van der Waals surface area (Å²) >= 11 is 6.00. The van der Waals surface area contributed by atoms with Gasteiger partial charge in [0.2, 0.25) is 5.91 Å². The van der Waals surface area contributed by atoms with Crippen LogP contribution in [-0.2, 0) is 9.59 Å². The van der Waals surface area contributed by atoms with Gasteiger partial charge in [-0.05, 0) is 55.3 Å². The van der Waals surface area contributed by atoms with Crippen LogP contribution in [0.2, 0.25) is 5.02 Å². The first-order chi connectivity index (χ1) is 13.5. The lowest BCUT2D eigenvalue weighted by Gasteiger charge is -2.29. The molecular formula is C20H18ClN3O4. The Labute approximate surface area is 166 Å². The van der Waals surface area contributed by atoms with Crippen LogP contribution in [-0.4, -0.2) is 36.9 Å². The molecule has 1 aliphatic heterocycles. The van der Waals surface area contributed by atoms with Crippen molar-refractivity contribution in [1.82, 2.24) is 5.32 Å². The van der Waals surface area contributed by atoms with Gasteiger partial charge < -0.3 is 15.4 Å². The fraction of sp³-hybridized carbons (Fsp3) is 0.250. The van der Waals surface area contributed by atoms with Gasteiger partial charge in [-0.1, -0.05) is 11.6 Å². The van der Waals surface area contributed by atoms with Gasteiger partial charge in [0.1, 0.15) is 12.3 Å². The predicted molar refractivity (Wildman–Crippen MR) is 105 cm³/mol. The molecule has 2 aromatic rings. The van der Waals surface area contributed by atoms with Crippen molar-refractivity contribution in [1.29, 1.82) is 0 Å². The number of carbonyl (C=O) groups is 3. The third-order valence-corrected chi connectivity index (χ3v) is 4.74. The highest BCUT2D eigenvalue weighted by atomic mass is 35.5. The summed E-state index contributed by atoms with van der Waals surface area (Å²) in [5.74, 6) is -0.302. The van der Waals surface area contributed by atoms with Crippen molar-refractivity contribution in [3.05, 3.63) is 53.1 Å². The minimum absolute atomic E-state index is 0.118. The molecule has 7 nitrogen and oxygen atoms in total. The number of rotatable bonds is 5. The maximum atomic E-state index is 12.4. The first-order valence-corrected chi connectivity index (χ1v) is 9.31. The van der Waals surface area contributed by atoms with Crippen LogP contribution in [0.15, 0.2) is 42.5 Å². The van der Waals surface area contributed by atoms with E-state index >= 15 is 0 Å². The maximum Gasteiger partial charge on any atom is 0.265 e. The number of amides is 3. The molecule has 2 N–H and O–H groups in total. The molecule has 1 fully saturated rings. The number of halogens is 1. The van der Waals surface area contributed by atoms with Gasteiger partial charge in [-0.25, -0.2) is 0 Å². The van der Waals surface area contributed by atoms with Gasteiger partial charge in [0.25, 0.3) is 11.8 Å². The van der Waals surface area contributed by atoms with E-state index in [1.807, 2.05) is 0 Å². The van der Waals surface area contributed by atoms with Crippen LogP contribution >= 0.6 is 11.6 Å². The zero-order valence-corrected chi connectivity index (χ0v) is 15.7. The van der Waals surface area contributed by atoms with Gasteiger partial charge in [0, 0.05) is 22.3 Å². The fourth-order valence-corrected chi connectivity index (χ4v) is 3.06. The zero-order valence-electron chi connectivity index (χ0n) is 14.9. The van der Waals surface area contributed by atoms with E-state index in [1.54, 1.807) is 42.5 Å². The van der Waals surface area contributed by atoms with Crippen molar-refractivity contribution >= 4 is 40.7 Å². The molecule has 0 spiro atoms. The molecule has 0 unspecified atom stereocenters. The number of nitrogens with one attached hydrogen (secondary N) is 2. The Balaban J connectivity index is 1.41. The van der Waals surface area contributed by atoms with E-state index < -0.39 is 0 Å². The third-order valence-electron chi connectivity index (χ3n) is 4.51. The Bertz CT molecular complexity index is 941. The molecule has 28 heavy (non-hydrogen) atoms. The molecule has 3 amide bonds. The van der Waals surface area contributed by atoms with Crippen LogP contribution < -0.4 is 20.3 Å². The summed E-state index contributed by atoms with van der Waals surface area (Å²) in [5, 5.41) is 6.09. The smallest absolute Gasteiger partial charge is 0.265 e. The van der Waals surface area contributed by atoms with Crippen molar-refractivity contribution in [2.75, 3.05) is 23.4 Å². The number of fused-ring (bicyclic) bond motifs is 1. The SMILES string of the molecule is O=C(CN1C(=O)COc2ccc(Cl)cc21)Nc1ccc(C(=O)NC2CC2)cc1. The zero-order chi connectivity index (χ0) is 19.7. The molecule has 1 aliphatic carbocycles. The third kappa shape index (κ3) is 4.09. The molecule has 1 saturated carbocycles. The van der Waals surface area contributed by atoms with Gasteiger partial charge >= 0.3 is 0 Å². The van der Waals surface area contributed by atoms with E-state index in [9.17, 15) is 14.4 Å². The Kier molecular flexibility index (Phi) is 4.92. The second-order valence-corrected chi connectivity index (χ2v) is 7.19. The molecule has 1 heterocycles. The molecule has 0 atom stereocenters. The number of carbonyl (C=O) groups excluding carboxylic acids is 3. The first kappa shape index (κ1) is 18.3. The average molecular weight is 400 g/mol. The molecule has 2 aliphatic rings. The standard InChI is InChI=1S/C20H18ClN3O4/c21-13-3-8-17-16(9-13)24(19(26)11-28-17)10-18(25)22-14-4-1-12(2-5-14)20(27)23-15-6-7-15/h1-5,8-9,15H,6-7,10-11H2,(H,22,25)(H,23,27). The van der Waals surface area contributed by atoms with Gasteiger partial charge in [-0.3, -0.25) is 19.3 Å². The molecule has 0 bridgehead atoms. The number of hydrogen-bond acceptors (Lipinski definition) is 4. The van der Waals surface area contributed by atoms with Crippen molar-refractivity contribution < 1.29 is 19.1 Å². The summed E-state index contributed by atoms with van der Waals surface area (Å²) in [4.78, 5) is 38.0. The molecular weight excluding hydrogens is 382 g/mol. The fourth-order valence-electron chi connectivity index (χ4n) is 2.89. The van der Waals surface area contributed by atoms with Crippen LogP contribution in [0.25, 0.3) is 0 Å². The summed E-state index contributed by atoms with van der Waals surface area (Å²) in [6, 6.07) is 11.8. The van der Waals surface area contributed by atoms with Crippen molar-refractivity contribution in [3.63, 3.8) is 0 Å². The lowest BCUT2D eigenvalue weighted by molar-refractivity contribution is -0.123. The Morgan fingerprint density at radius 1 is 1.14 bits per heavy atom. The molecule has 8 heteroatoms. The summed E-state index contributed by atoms with van der Waals surface area (Å²) in [6.07, 6.45) is 2.04. The van der Waals surface area contributed by atoms with Gasteiger partial charge in [-0.15, -0.1) is 0 Å². The Morgan fingerprint density at radius 3 is 2.61 bits per heavy atom. The molecule has 0 saturated heterocycles.